The van der Waals surface area contributed by atoms with E-state index in [-0.39, 0.29) is 6.10 Å². The summed E-state index contributed by atoms with van der Waals surface area (Å²) in [6, 6.07) is 0. The molecule has 0 aromatic rings. The lowest BCUT2D eigenvalue weighted by atomic mass is 9.85. The van der Waals surface area contributed by atoms with Crippen molar-refractivity contribution in [2.75, 3.05) is 0 Å². The number of fused-ring (bicyclic) bond motifs is 1. The molecule has 11 heavy (non-hydrogen) atoms. The third-order valence-electron chi connectivity index (χ3n) is 3.42. The van der Waals surface area contributed by atoms with Gasteiger partial charge in [0, 0.05) is 0 Å². The summed E-state index contributed by atoms with van der Waals surface area (Å²) in [5.74, 6) is 2.64. The molecule has 2 unspecified atom stereocenters. The lowest BCUT2D eigenvalue weighted by Gasteiger charge is -2.21. The Morgan fingerprint density at radius 2 is 1.55 bits per heavy atom. The molecule has 2 atom stereocenters. The molecule has 2 aliphatic carbocycles. The van der Waals surface area contributed by atoms with E-state index >= 15 is 0 Å². The molecule has 0 amide bonds. The van der Waals surface area contributed by atoms with Gasteiger partial charge in [0.15, 0.2) is 0 Å². The first kappa shape index (κ1) is 7.60. The first-order chi connectivity index (χ1) is 5.00. The third-order valence-corrected chi connectivity index (χ3v) is 3.42. The Bertz CT molecular complexity index is 156. The van der Waals surface area contributed by atoms with E-state index in [1.165, 1.54) is 0 Å². The molecule has 1 nitrogen and oxygen atoms in total. The van der Waals surface area contributed by atoms with Crippen molar-refractivity contribution in [3.05, 3.63) is 0 Å². The summed E-state index contributed by atoms with van der Waals surface area (Å²) in [6.45, 7) is 6.97. The van der Waals surface area contributed by atoms with E-state index in [0.29, 0.717) is 5.41 Å². The van der Waals surface area contributed by atoms with Gasteiger partial charge in [-0.2, -0.15) is 0 Å². The van der Waals surface area contributed by atoms with E-state index in [2.05, 4.69) is 20.8 Å². The minimum absolute atomic E-state index is 0.0311. The molecule has 0 spiro atoms. The number of hydrogen-bond acceptors (Lipinski definition) is 1. The van der Waals surface area contributed by atoms with Crippen LogP contribution in [0, 0.1) is 23.2 Å². The van der Waals surface area contributed by atoms with E-state index in [1.54, 1.807) is 0 Å². The fraction of sp³-hybridized carbons (Fsp3) is 1.00. The molecule has 2 aliphatic rings. The molecule has 0 bridgehead atoms. The van der Waals surface area contributed by atoms with Crippen molar-refractivity contribution in [2.24, 2.45) is 23.2 Å². The van der Waals surface area contributed by atoms with Crippen molar-refractivity contribution in [2.45, 2.75) is 39.7 Å². The summed E-state index contributed by atoms with van der Waals surface area (Å²) in [7, 11) is 0. The quantitative estimate of drug-likeness (QED) is 0.566. The molecule has 1 N–H and O–H groups in total. The Balaban J connectivity index is 1.98. The molecule has 0 aliphatic heterocycles. The van der Waals surface area contributed by atoms with Crippen LogP contribution in [0.1, 0.15) is 33.6 Å². The van der Waals surface area contributed by atoms with Crippen molar-refractivity contribution >= 4 is 0 Å². The van der Waals surface area contributed by atoms with Crippen LogP contribution in [-0.4, -0.2) is 11.2 Å². The molecule has 0 radical (unpaired) electrons. The Morgan fingerprint density at radius 3 is 1.91 bits per heavy atom. The molecule has 2 fully saturated rings. The van der Waals surface area contributed by atoms with E-state index in [1.807, 2.05) is 0 Å². The average Bonchev–Trinajstić information content (AvgIpc) is 2.31. The van der Waals surface area contributed by atoms with Crippen LogP contribution in [0.15, 0.2) is 0 Å². The largest absolute Gasteiger partial charge is 0.393 e. The zero-order valence-electron chi connectivity index (χ0n) is 7.67. The maximum atomic E-state index is 9.31. The summed E-state index contributed by atoms with van der Waals surface area (Å²) < 4.78 is 0. The van der Waals surface area contributed by atoms with Crippen LogP contribution in [0.3, 0.4) is 0 Å². The van der Waals surface area contributed by atoms with Gasteiger partial charge in [-0.1, -0.05) is 20.8 Å². The molecule has 0 aromatic heterocycles. The average molecular weight is 154 g/mol. The molecular formula is C10H18O. The Labute approximate surface area is 68.8 Å². The SMILES string of the molecule is CC(C)(C)C1C2CC(O)CC21. The molecule has 2 saturated carbocycles. The van der Waals surface area contributed by atoms with Crippen molar-refractivity contribution in [1.29, 1.82) is 0 Å². The van der Waals surface area contributed by atoms with Crippen LogP contribution >= 0.6 is 0 Å². The van der Waals surface area contributed by atoms with Crippen LogP contribution in [0.5, 0.6) is 0 Å². The fourth-order valence-corrected chi connectivity index (χ4v) is 3.10. The van der Waals surface area contributed by atoms with E-state index in [4.69, 9.17) is 0 Å². The van der Waals surface area contributed by atoms with Gasteiger partial charge < -0.3 is 5.11 Å². The molecule has 1 heteroatoms. The normalized spacial score (nSPS) is 49.1. The summed E-state index contributed by atoms with van der Waals surface area (Å²) in [5.41, 5.74) is 0.482. The Kier molecular flexibility index (Phi) is 1.39. The van der Waals surface area contributed by atoms with E-state index < -0.39 is 0 Å². The Morgan fingerprint density at radius 1 is 1.09 bits per heavy atom. The first-order valence-corrected chi connectivity index (χ1v) is 4.68. The van der Waals surface area contributed by atoms with E-state index in [9.17, 15) is 5.11 Å². The number of rotatable bonds is 0. The standard InChI is InChI=1S/C10H18O/c1-10(2,3)9-7-4-6(11)5-8(7)9/h6-9,11H,4-5H2,1-3H3. The predicted molar refractivity (Wildman–Crippen MR) is 45.2 cm³/mol. The van der Waals surface area contributed by atoms with Gasteiger partial charge in [-0.25, -0.2) is 0 Å². The van der Waals surface area contributed by atoms with Crippen LogP contribution in [0.4, 0.5) is 0 Å². The second-order valence-corrected chi connectivity index (χ2v) is 5.34. The smallest absolute Gasteiger partial charge is 0.0546 e. The van der Waals surface area contributed by atoms with Crippen LogP contribution in [-0.2, 0) is 0 Å². The molecular weight excluding hydrogens is 136 g/mol. The second-order valence-electron chi connectivity index (χ2n) is 5.34. The van der Waals surface area contributed by atoms with Gasteiger partial charge in [0.2, 0.25) is 0 Å². The minimum atomic E-state index is 0.0311. The van der Waals surface area contributed by atoms with Crippen molar-refractivity contribution in [1.82, 2.24) is 0 Å². The van der Waals surface area contributed by atoms with Gasteiger partial charge in [-0.3, -0.25) is 0 Å². The van der Waals surface area contributed by atoms with Crippen molar-refractivity contribution < 1.29 is 5.11 Å². The van der Waals surface area contributed by atoms with Gasteiger partial charge >= 0.3 is 0 Å². The topological polar surface area (TPSA) is 20.2 Å². The highest BCUT2D eigenvalue weighted by Gasteiger charge is 2.59. The number of hydrogen-bond donors (Lipinski definition) is 1. The number of aliphatic hydroxyl groups is 1. The molecule has 0 saturated heterocycles. The van der Waals surface area contributed by atoms with Crippen LogP contribution in [0.25, 0.3) is 0 Å². The summed E-state index contributed by atoms with van der Waals surface area (Å²) in [5, 5.41) is 9.31. The summed E-state index contributed by atoms with van der Waals surface area (Å²) in [4.78, 5) is 0. The monoisotopic (exact) mass is 154 g/mol. The fourth-order valence-electron chi connectivity index (χ4n) is 3.10. The van der Waals surface area contributed by atoms with E-state index in [0.717, 1.165) is 30.6 Å². The number of aliphatic hydroxyl groups excluding tert-OH is 1. The zero-order valence-corrected chi connectivity index (χ0v) is 7.67. The van der Waals surface area contributed by atoms with Crippen molar-refractivity contribution in [3.8, 4) is 0 Å². The summed E-state index contributed by atoms with van der Waals surface area (Å²) >= 11 is 0. The van der Waals surface area contributed by atoms with Crippen molar-refractivity contribution in [3.63, 3.8) is 0 Å². The third kappa shape index (κ3) is 1.10. The Hall–Kier alpha value is -0.0400. The predicted octanol–water partition coefficient (Wildman–Crippen LogP) is 2.05. The van der Waals surface area contributed by atoms with Crippen LogP contribution in [0.2, 0.25) is 0 Å². The first-order valence-electron chi connectivity index (χ1n) is 4.68. The maximum absolute atomic E-state index is 9.31. The molecule has 0 heterocycles. The lowest BCUT2D eigenvalue weighted by molar-refractivity contribution is 0.145. The maximum Gasteiger partial charge on any atom is 0.0546 e. The molecule has 64 valence electrons. The van der Waals surface area contributed by atoms with Gasteiger partial charge in [-0.15, -0.1) is 0 Å². The molecule has 0 aromatic carbocycles. The van der Waals surface area contributed by atoms with Crippen LogP contribution < -0.4 is 0 Å². The highest BCUT2D eigenvalue weighted by Crippen LogP contribution is 2.64. The van der Waals surface area contributed by atoms with Gasteiger partial charge in [0.25, 0.3) is 0 Å². The van der Waals surface area contributed by atoms with Gasteiger partial charge in [-0.05, 0) is 36.0 Å². The lowest BCUT2D eigenvalue weighted by Crippen LogP contribution is -2.16. The second kappa shape index (κ2) is 2.01. The molecule has 2 rings (SSSR count). The zero-order chi connectivity index (χ0) is 8.22. The highest BCUT2D eigenvalue weighted by atomic mass is 16.3. The summed E-state index contributed by atoms with van der Waals surface area (Å²) in [6.07, 6.45) is 2.18. The minimum Gasteiger partial charge on any atom is -0.393 e. The van der Waals surface area contributed by atoms with Gasteiger partial charge in [0.05, 0.1) is 6.10 Å². The highest BCUT2D eigenvalue weighted by molar-refractivity contribution is 5.08. The van der Waals surface area contributed by atoms with Gasteiger partial charge in [0.1, 0.15) is 0 Å².